The molecular weight excluding hydrogens is 178 g/mol. The molecule has 0 amide bonds. The molecule has 1 aromatic heterocycles. The van der Waals surface area contributed by atoms with E-state index < -0.39 is 0 Å². The van der Waals surface area contributed by atoms with Gasteiger partial charge in [0.2, 0.25) is 0 Å². The minimum absolute atomic E-state index is 0.494. The zero-order valence-corrected chi connectivity index (χ0v) is 7.70. The number of hydrogen-bond donors (Lipinski definition) is 0. The van der Waals surface area contributed by atoms with E-state index in [4.69, 9.17) is 0 Å². The highest BCUT2D eigenvalue weighted by atomic mass is 15.6. The van der Waals surface area contributed by atoms with Crippen molar-refractivity contribution < 1.29 is 0 Å². The van der Waals surface area contributed by atoms with E-state index in [-0.39, 0.29) is 0 Å². The SMILES string of the molecule is Cn1nnnc1/N=C\c1ccccc1. The molecule has 0 radical (unpaired) electrons. The highest BCUT2D eigenvalue weighted by Crippen LogP contribution is 2.02. The summed E-state index contributed by atoms with van der Waals surface area (Å²) in [7, 11) is 1.75. The normalized spacial score (nSPS) is 10.9. The molecule has 14 heavy (non-hydrogen) atoms. The summed E-state index contributed by atoms with van der Waals surface area (Å²) in [4.78, 5) is 4.14. The Bertz CT molecular complexity index is 431. The van der Waals surface area contributed by atoms with Crippen LogP contribution in [0.5, 0.6) is 0 Å². The van der Waals surface area contributed by atoms with Crippen molar-refractivity contribution in [3.05, 3.63) is 35.9 Å². The molecule has 2 rings (SSSR count). The number of aromatic nitrogens is 4. The third kappa shape index (κ3) is 1.82. The van der Waals surface area contributed by atoms with Crippen molar-refractivity contribution in [2.24, 2.45) is 12.0 Å². The molecule has 1 heterocycles. The van der Waals surface area contributed by atoms with Crippen molar-refractivity contribution in [3.8, 4) is 0 Å². The summed E-state index contributed by atoms with van der Waals surface area (Å²) >= 11 is 0. The van der Waals surface area contributed by atoms with E-state index in [9.17, 15) is 0 Å². The van der Waals surface area contributed by atoms with Crippen LogP contribution < -0.4 is 0 Å². The Kier molecular flexibility index (Phi) is 2.31. The second kappa shape index (κ2) is 3.78. The van der Waals surface area contributed by atoms with E-state index in [2.05, 4.69) is 20.5 Å². The van der Waals surface area contributed by atoms with E-state index in [1.165, 1.54) is 4.68 Å². The van der Waals surface area contributed by atoms with Crippen LogP contribution in [0.2, 0.25) is 0 Å². The molecule has 0 atom stereocenters. The molecular formula is C9H9N5. The molecule has 1 aromatic carbocycles. The number of benzene rings is 1. The molecule has 0 aliphatic carbocycles. The summed E-state index contributed by atoms with van der Waals surface area (Å²) in [5.74, 6) is 0.494. The smallest absolute Gasteiger partial charge is 0.218 e. The predicted octanol–water partition coefficient (Wildman–Crippen LogP) is 0.961. The number of aliphatic imine (C=N–C) groups is 1. The van der Waals surface area contributed by atoms with Gasteiger partial charge < -0.3 is 0 Å². The van der Waals surface area contributed by atoms with Gasteiger partial charge in [0, 0.05) is 13.3 Å². The standard InChI is InChI=1S/C9H9N5/c1-14-9(11-12-13-14)10-7-8-5-3-2-4-6-8/h2-7H,1H3/b10-7-. The lowest BCUT2D eigenvalue weighted by atomic mass is 10.2. The second-order valence-electron chi connectivity index (χ2n) is 2.77. The lowest BCUT2D eigenvalue weighted by Gasteiger charge is -1.90. The summed E-state index contributed by atoms with van der Waals surface area (Å²) in [6.07, 6.45) is 1.73. The molecule has 5 nitrogen and oxygen atoms in total. The Morgan fingerprint density at radius 3 is 2.71 bits per heavy atom. The predicted molar refractivity (Wildman–Crippen MR) is 52.5 cm³/mol. The molecule has 0 bridgehead atoms. The van der Waals surface area contributed by atoms with Crippen LogP contribution in [0.25, 0.3) is 0 Å². The van der Waals surface area contributed by atoms with Gasteiger partial charge in [0.1, 0.15) is 0 Å². The molecule has 0 saturated carbocycles. The topological polar surface area (TPSA) is 56.0 Å². The Morgan fingerprint density at radius 2 is 2.07 bits per heavy atom. The fourth-order valence-corrected chi connectivity index (χ4v) is 1.01. The largest absolute Gasteiger partial charge is 0.268 e. The Morgan fingerprint density at radius 1 is 1.29 bits per heavy atom. The van der Waals surface area contributed by atoms with Crippen molar-refractivity contribution in [1.29, 1.82) is 0 Å². The highest BCUT2D eigenvalue weighted by Gasteiger charge is 1.96. The average molecular weight is 187 g/mol. The highest BCUT2D eigenvalue weighted by molar-refractivity contribution is 5.80. The van der Waals surface area contributed by atoms with Gasteiger partial charge in [-0.2, -0.15) is 0 Å². The fraction of sp³-hybridized carbons (Fsp3) is 0.111. The molecule has 0 N–H and O–H groups in total. The molecule has 0 aliphatic rings. The molecule has 70 valence electrons. The first-order chi connectivity index (χ1) is 6.86. The van der Waals surface area contributed by atoms with Gasteiger partial charge in [0.15, 0.2) is 0 Å². The Hall–Kier alpha value is -2.04. The van der Waals surface area contributed by atoms with Crippen LogP contribution in [0, 0.1) is 0 Å². The quantitative estimate of drug-likeness (QED) is 0.658. The molecule has 0 spiro atoms. The van der Waals surface area contributed by atoms with E-state index in [1.807, 2.05) is 30.3 Å². The molecule has 0 fully saturated rings. The van der Waals surface area contributed by atoms with Crippen LogP contribution in [-0.4, -0.2) is 26.4 Å². The zero-order chi connectivity index (χ0) is 9.80. The zero-order valence-electron chi connectivity index (χ0n) is 7.70. The minimum atomic E-state index is 0.494. The maximum Gasteiger partial charge on any atom is 0.268 e. The fourth-order valence-electron chi connectivity index (χ4n) is 1.01. The number of nitrogens with zero attached hydrogens (tertiary/aromatic N) is 5. The van der Waals surface area contributed by atoms with Gasteiger partial charge in [-0.05, 0) is 16.0 Å². The first-order valence-electron chi connectivity index (χ1n) is 4.18. The Balaban J connectivity index is 2.20. The molecule has 2 aromatic rings. The minimum Gasteiger partial charge on any atom is -0.218 e. The van der Waals surface area contributed by atoms with Crippen LogP contribution in [0.15, 0.2) is 35.3 Å². The Labute approximate surface area is 81.1 Å². The average Bonchev–Trinajstić information content (AvgIpc) is 2.63. The van der Waals surface area contributed by atoms with Gasteiger partial charge >= 0.3 is 0 Å². The lowest BCUT2D eigenvalue weighted by molar-refractivity contribution is 0.712. The summed E-state index contributed by atoms with van der Waals surface area (Å²) < 4.78 is 1.51. The van der Waals surface area contributed by atoms with Crippen molar-refractivity contribution in [2.45, 2.75) is 0 Å². The van der Waals surface area contributed by atoms with Gasteiger partial charge in [-0.3, -0.25) is 0 Å². The van der Waals surface area contributed by atoms with Gasteiger partial charge in [-0.25, -0.2) is 9.67 Å². The molecule has 0 saturated heterocycles. The monoisotopic (exact) mass is 187 g/mol. The van der Waals surface area contributed by atoms with Crippen LogP contribution >= 0.6 is 0 Å². The third-order valence-electron chi connectivity index (χ3n) is 1.73. The summed E-state index contributed by atoms with van der Waals surface area (Å²) in [5.41, 5.74) is 1.02. The van der Waals surface area contributed by atoms with E-state index >= 15 is 0 Å². The summed E-state index contributed by atoms with van der Waals surface area (Å²) in [6, 6.07) is 9.80. The van der Waals surface area contributed by atoms with Crippen LogP contribution in [-0.2, 0) is 7.05 Å². The van der Waals surface area contributed by atoms with Gasteiger partial charge in [-0.15, -0.1) is 0 Å². The summed E-state index contributed by atoms with van der Waals surface area (Å²) in [5, 5.41) is 10.9. The van der Waals surface area contributed by atoms with Crippen LogP contribution in [0.3, 0.4) is 0 Å². The molecule has 0 unspecified atom stereocenters. The van der Waals surface area contributed by atoms with E-state index in [1.54, 1.807) is 13.3 Å². The van der Waals surface area contributed by atoms with Gasteiger partial charge in [0.05, 0.1) is 0 Å². The van der Waals surface area contributed by atoms with Crippen LogP contribution in [0.4, 0.5) is 5.95 Å². The molecule has 5 heteroatoms. The lowest BCUT2D eigenvalue weighted by Crippen LogP contribution is -1.89. The first kappa shape index (κ1) is 8.55. The van der Waals surface area contributed by atoms with Gasteiger partial charge in [-0.1, -0.05) is 35.4 Å². The second-order valence-corrected chi connectivity index (χ2v) is 2.77. The number of hydrogen-bond acceptors (Lipinski definition) is 4. The van der Waals surface area contributed by atoms with Crippen LogP contribution in [0.1, 0.15) is 5.56 Å². The maximum atomic E-state index is 4.14. The van der Waals surface area contributed by atoms with E-state index in [0.717, 1.165) is 5.56 Å². The van der Waals surface area contributed by atoms with Crippen molar-refractivity contribution in [1.82, 2.24) is 20.2 Å². The van der Waals surface area contributed by atoms with Crippen molar-refractivity contribution in [3.63, 3.8) is 0 Å². The summed E-state index contributed by atoms with van der Waals surface area (Å²) in [6.45, 7) is 0. The molecule has 0 aliphatic heterocycles. The van der Waals surface area contributed by atoms with Gasteiger partial charge in [0.25, 0.3) is 5.95 Å². The van der Waals surface area contributed by atoms with Crippen molar-refractivity contribution >= 4 is 12.2 Å². The third-order valence-corrected chi connectivity index (χ3v) is 1.73. The van der Waals surface area contributed by atoms with E-state index in [0.29, 0.717) is 5.95 Å². The van der Waals surface area contributed by atoms with Crippen molar-refractivity contribution in [2.75, 3.05) is 0 Å². The number of tetrazole rings is 1. The first-order valence-corrected chi connectivity index (χ1v) is 4.18. The number of rotatable bonds is 2. The maximum absolute atomic E-state index is 4.14. The number of aryl methyl sites for hydroxylation is 1.